The SMILES string of the molecule is Cc1c2ccc(Cl)cc2nn1C(C)C. The Kier molecular flexibility index (Phi) is 2.23. The van der Waals surface area contributed by atoms with E-state index in [4.69, 9.17) is 11.6 Å². The molecule has 74 valence electrons. The van der Waals surface area contributed by atoms with Gasteiger partial charge in [-0.15, -0.1) is 0 Å². The van der Waals surface area contributed by atoms with Crippen LogP contribution in [-0.4, -0.2) is 9.78 Å². The maximum absolute atomic E-state index is 5.91. The fourth-order valence-corrected chi connectivity index (χ4v) is 1.88. The number of benzene rings is 1. The largest absolute Gasteiger partial charge is 0.266 e. The second kappa shape index (κ2) is 3.28. The van der Waals surface area contributed by atoms with Crippen LogP contribution in [0.4, 0.5) is 0 Å². The molecule has 0 amide bonds. The van der Waals surface area contributed by atoms with Gasteiger partial charge in [0.2, 0.25) is 0 Å². The molecule has 1 aromatic carbocycles. The van der Waals surface area contributed by atoms with Crippen molar-refractivity contribution in [1.29, 1.82) is 0 Å². The van der Waals surface area contributed by atoms with Gasteiger partial charge < -0.3 is 0 Å². The number of rotatable bonds is 1. The molecule has 0 atom stereocenters. The monoisotopic (exact) mass is 208 g/mol. The Morgan fingerprint density at radius 2 is 2.07 bits per heavy atom. The number of aromatic nitrogens is 2. The molecule has 2 aromatic rings. The molecule has 0 saturated heterocycles. The lowest BCUT2D eigenvalue weighted by atomic mass is 10.2. The van der Waals surface area contributed by atoms with E-state index >= 15 is 0 Å². The zero-order valence-corrected chi connectivity index (χ0v) is 9.34. The first-order valence-corrected chi connectivity index (χ1v) is 5.12. The Bertz CT molecular complexity index is 471. The lowest BCUT2D eigenvalue weighted by Crippen LogP contribution is -2.04. The van der Waals surface area contributed by atoms with E-state index in [1.807, 2.05) is 22.9 Å². The van der Waals surface area contributed by atoms with Crippen molar-refractivity contribution >= 4 is 22.5 Å². The molecule has 0 aliphatic heterocycles. The van der Waals surface area contributed by atoms with Crippen molar-refractivity contribution in [3.8, 4) is 0 Å². The Morgan fingerprint density at radius 3 is 2.71 bits per heavy atom. The average molecular weight is 209 g/mol. The summed E-state index contributed by atoms with van der Waals surface area (Å²) in [6.45, 7) is 6.34. The normalized spacial score (nSPS) is 11.5. The molecule has 0 saturated carbocycles. The van der Waals surface area contributed by atoms with Crippen molar-refractivity contribution in [2.24, 2.45) is 0 Å². The molecule has 0 N–H and O–H groups in total. The van der Waals surface area contributed by atoms with E-state index in [2.05, 4.69) is 25.9 Å². The summed E-state index contributed by atoms with van der Waals surface area (Å²) in [4.78, 5) is 0. The van der Waals surface area contributed by atoms with Crippen molar-refractivity contribution in [2.75, 3.05) is 0 Å². The summed E-state index contributed by atoms with van der Waals surface area (Å²) >= 11 is 5.91. The van der Waals surface area contributed by atoms with Crippen molar-refractivity contribution in [3.63, 3.8) is 0 Å². The number of halogens is 1. The minimum atomic E-state index is 0.390. The van der Waals surface area contributed by atoms with Gasteiger partial charge in [-0.3, -0.25) is 4.68 Å². The Morgan fingerprint density at radius 1 is 1.36 bits per heavy atom. The van der Waals surface area contributed by atoms with Crippen LogP contribution in [0, 0.1) is 6.92 Å². The fourth-order valence-electron chi connectivity index (χ4n) is 1.71. The molecule has 1 heterocycles. The Labute approximate surface area is 88.5 Å². The van der Waals surface area contributed by atoms with E-state index in [1.54, 1.807) is 0 Å². The molecule has 3 heteroatoms. The molecule has 0 radical (unpaired) electrons. The first-order chi connectivity index (χ1) is 6.59. The highest BCUT2D eigenvalue weighted by molar-refractivity contribution is 6.31. The van der Waals surface area contributed by atoms with Crippen LogP contribution in [-0.2, 0) is 0 Å². The van der Waals surface area contributed by atoms with Gasteiger partial charge >= 0.3 is 0 Å². The van der Waals surface area contributed by atoms with Gasteiger partial charge in [-0.25, -0.2) is 0 Å². The van der Waals surface area contributed by atoms with Gasteiger partial charge in [0.15, 0.2) is 0 Å². The molecular formula is C11H13ClN2. The standard InChI is InChI=1S/C11H13ClN2/c1-7(2)14-8(3)10-5-4-9(12)6-11(10)13-14/h4-7H,1-3H3. The summed E-state index contributed by atoms with van der Waals surface area (Å²) in [5.74, 6) is 0. The van der Waals surface area contributed by atoms with Gasteiger partial charge in [-0.1, -0.05) is 11.6 Å². The maximum Gasteiger partial charge on any atom is 0.0941 e. The van der Waals surface area contributed by atoms with E-state index in [0.29, 0.717) is 6.04 Å². The summed E-state index contributed by atoms with van der Waals surface area (Å²) in [5, 5.41) is 6.43. The van der Waals surface area contributed by atoms with Crippen LogP contribution in [0.2, 0.25) is 5.02 Å². The second-order valence-corrected chi connectivity index (χ2v) is 4.22. The van der Waals surface area contributed by atoms with Gasteiger partial charge in [0.1, 0.15) is 0 Å². The predicted octanol–water partition coefficient (Wildman–Crippen LogP) is 3.58. The minimum absolute atomic E-state index is 0.390. The third-order valence-electron chi connectivity index (χ3n) is 2.40. The summed E-state index contributed by atoms with van der Waals surface area (Å²) in [7, 11) is 0. The zero-order valence-electron chi connectivity index (χ0n) is 8.58. The van der Waals surface area contributed by atoms with Gasteiger partial charge in [0.05, 0.1) is 5.52 Å². The minimum Gasteiger partial charge on any atom is -0.266 e. The van der Waals surface area contributed by atoms with Gasteiger partial charge in [-0.2, -0.15) is 5.10 Å². The number of hydrogen-bond donors (Lipinski definition) is 0. The van der Waals surface area contributed by atoms with Crippen molar-refractivity contribution in [1.82, 2.24) is 9.78 Å². The quantitative estimate of drug-likeness (QED) is 0.701. The predicted molar refractivity (Wildman–Crippen MR) is 59.9 cm³/mol. The average Bonchev–Trinajstić information content (AvgIpc) is 2.43. The summed E-state index contributed by atoms with van der Waals surface area (Å²) in [5.41, 5.74) is 2.18. The molecule has 2 rings (SSSR count). The van der Waals surface area contributed by atoms with Crippen LogP contribution in [0.3, 0.4) is 0 Å². The van der Waals surface area contributed by atoms with Crippen molar-refractivity contribution in [2.45, 2.75) is 26.8 Å². The molecule has 0 unspecified atom stereocenters. The van der Waals surface area contributed by atoms with E-state index < -0.39 is 0 Å². The molecule has 14 heavy (non-hydrogen) atoms. The zero-order chi connectivity index (χ0) is 10.3. The molecule has 1 aromatic heterocycles. The highest BCUT2D eigenvalue weighted by Gasteiger charge is 2.09. The summed E-state index contributed by atoms with van der Waals surface area (Å²) in [6.07, 6.45) is 0. The smallest absolute Gasteiger partial charge is 0.0941 e. The molecule has 0 aliphatic rings. The van der Waals surface area contributed by atoms with E-state index in [1.165, 1.54) is 11.1 Å². The molecule has 2 nitrogen and oxygen atoms in total. The number of fused-ring (bicyclic) bond motifs is 1. The van der Waals surface area contributed by atoms with Crippen LogP contribution in [0.15, 0.2) is 18.2 Å². The molecule has 0 aliphatic carbocycles. The van der Waals surface area contributed by atoms with Crippen LogP contribution in [0.1, 0.15) is 25.6 Å². The van der Waals surface area contributed by atoms with Gasteiger partial charge in [0.25, 0.3) is 0 Å². The van der Waals surface area contributed by atoms with Crippen molar-refractivity contribution < 1.29 is 0 Å². The van der Waals surface area contributed by atoms with Crippen LogP contribution in [0.5, 0.6) is 0 Å². The lowest BCUT2D eigenvalue weighted by Gasteiger charge is -2.06. The second-order valence-electron chi connectivity index (χ2n) is 3.79. The third-order valence-corrected chi connectivity index (χ3v) is 2.63. The van der Waals surface area contributed by atoms with E-state index in [9.17, 15) is 0 Å². The first kappa shape index (κ1) is 9.53. The molecule has 0 fully saturated rings. The van der Waals surface area contributed by atoms with E-state index in [-0.39, 0.29) is 0 Å². The number of aryl methyl sites for hydroxylation is 1. The molecule has 0 spiro atoms. The summed E-state index contributed by atoms with van der Waals surface area (Å²) in [6, 6.07) is 6.23. The highest BCUT2D eigenvalue weighted by Crippen LogP contribution is 2.23. The highest BCUT2D eigenvalue weighted by atomic mass is 35.5. The first-order valence-electron chi connectivity index (χ1n) is 4.74. The summed E-state index contributed by atoms with van der Waals surface area (Å²) < 4.78 is 2.03. The Balaban J connectivity index is 2.73. The lowest BCUT2D eigenvalue weighted by molar-refractivity contribution is 0.524. The van der Waals surface area contributed by atoms with E-state index in [0.717, 1.165) is 10.5 Å². The van der Waals surface area contributed by atoms with Crippen molar-refractivity contribution in [3.05, 3.63) is 28.9 Å². The maximum atomic E-state index is 5.91. The van der Waals surface area contributed by atoms with Crippen LogP contribution in [0.25, 0.3) is 10.9 Å². The number of nitrogens with zero attached hydrogens (tertiary/aromatic N) is 2. The third kappa shape index (κ3) is 1.40. The molecular weight excluding hydrogens is 196 g/mol. The van der Waals surface area contributed by atoms with Crippen LogP contribution < -0.4 is 0 Å². The fraction of sp³-hybridized carbons (Fsp3) is 0.364. The van der Waals surface area contributed by atoms with Crippen LogP contribution >= 0.6 is 11.6 Å². The van der Waals surface area contributed by atoms with Gasteiger partial charge in [-0.05, 0) is 39.0 Å². The van der Waals surface area contributed by atoms with Gasteiger partial charge in [0, 0.05) is 22.1 Å². The topological polar surface area (TPSA) is 17.8 Å². The molecule has 0 bridgehead atoms. The Hall–Kier alpha value is -1.02. The number of hydrogen-bond acceptors (Lipinski definition) is 1.